The summed E-state index contributed by atoms with van der Waals surface area (Å²) in [5, 5.41) is 2.99. The number of hydrogen-bond acceptors (Lipinski definition) is 4. The van der Waals surface area contributed by atoms with Gasteiger partial charge in [-0.3, -0.25) is 0 Å². The molecular formula is C13H20FNO3S. The van der Waals surface area contributed by atoms with Crippen LogP contribution in [0.3, 0.4) is 0 Å². The molecule has 0 aliphatic heterocycles. The zero-order valence-corrected chi connectivity index (χ0v) is 12.1. The van der Waals surface area contributed by atoms with Crippen LogP contribution in [0.5, 0.6) is 5.75 Å². The van der Waals surface area contributed by atoms with E-state index >= 15 is 0 Å². The molecule has 0 saturated heterocycles. The molecule has 0 aliphatic carbocycles. The van der Waals surface area contributed by atoms with Crippen molar-refractivity contribution in [2.75, 3.05) is 30.0 Å². The van der Waals surface area contributed by atoms with Gasteiger partial charge in [0.25, 0.3) is 0 Å². The van der Waals surface area contributed by atoms with Gasteiger partial charge < -0.3 is 10.1 Å². The van der Waals surface area contributed by atoms with E-state index in [-0.39, 0.29) is 17.3 Å². The van der Waals surface area contributed by atoms with E-state index in [1.54, 1.807) is 26.0 Å². The molecule has 0 spiro atoms. The van der Waals surface area contributed by atoms with E-state index in [2.05, 4.69) is 5.32 Å². The van der Waals surface area contributed by atoms with Gasteiger partial charge in [-0.25, -0.2) is 12.8 Å². The van der Waals surface area contributed by atoms with Gasteiger partial charge in [-0.15, -0.1) is 0 Å². The summed E-state index contributed by atoms with van der Waals surface area (Å²) >= 11 is 0. The Balaban J connectivity index is 2.44. The lowest BCUT2D eigenvalue weighted by Crippen LogP contribution is -2.13. The predicted octanol–water partition coefficient (Wildman–Crippen LogP) is 2.46. The lowest BCUT2D eigenvalue weighted by atomic mass is 10.3. The van der Waals surface area contributed by atoms with Gasteiger partial charge in [-0.05, 0) is 25.5 Å². The molecule has 4 nitrogen and oxygen atoms in total. The van der Waals surface area contributed by atoms with Crippen molar-refractivity contribution >= 4 is 15.5 Å². The fourth-order valence-electron chi connectivity index (χ4n) is 1.55. The van der Waals surface area contributed by atoms with Crippen LogP contribution in [0.15, 0.2) is 18.2 Å². The number of nitrogens with one attached hydrogen (secondary N) is 1. The van der Waals surface area contributed by atoms with Crippen LogP contribution in [-0.4, -0.2) is 33.1 Å². The molecule has 0 unspecified atom stereocenters. The van der Waals surface area contributed by atoms with Crippen molar-refractivity contribution in [1.82, 2.24) is 0 Å². The van der Waals surface area contributed by atoms with Gasteiger partial charge in [0.05, 0.1) is 12.4 Å². The average Bonchev–Trinajstić information content (AvgIpc) is 2.38. The fourth-order valence-corrected chi connectivity index (χ4v) is 2.43. The van der Waals surface area contributed by atoms with E-state index in [1.165, 1.54) is 6.07 Å². The Bertz CT molecular complexity index is 503. The Morgan fingerprint density at radius 2 is 2.05 bits per heavy atom. The van der Waals surface area contributed by atoms with Gasteiger partial charge in [-0.2, -0.15) is 0 Å². The predicted molar refractivity (Wildman–Crippen MR) is 75.0 cm³/mol. The van der Waals surface area contributed by atoms with Crippen LogP contribution in [0, 0.1) is 5.82 Å². The molecule has 0 aliphatic rings. The number of benzene rings is 1. The third-order valence-corrected chi connectivity index (χ3v) is 4.42. The number of rotatable bonds is 8. The topological polar surface area (TPSA) is 55.4 Å². The number of halogens is 1. The van der Waals surface area contributed by atoms with Gasteiger partial charge >= 0.3 is 0 Å². The number of ether oxygens (including phenoxy) is 1. The zero-order chi connectivity index (χ0) is 14.3. The maximum Gasteiger partial charge on any atom is 0.167 e. The van der Waals surface area contributed by atoms with Crippen molar-refractivity contribution < 1.29 is 17.5 Å². The first kappa shape index (κ1) is 15.8. The van der Waals surface area contributed by atoms with Crippen LogP contribution in [0.2, 0.25) is 0 Å². The quantitative estimate of drug-likeness (QED) is 0.747. The smallest absolute Gasteiger partial charge is 0.167 e. The number of sulfone groups is 1. The van der Waals surface area contributed by atoms with E-state index in [0.717, 1.165) is 0 Å². The average molecular weight is 289 g/mol. The van der Waals surface area contributed by atoms with Crippen molar-refractivity contribution in [2.24, 2.45) is 0 Å². The second kappa shape index (κ2) is 7.33. The molecule has 19 heavy (non-hydrogen) atoms. The first-order chi connectivity index (χ1) is 8.98. The molecule has 0 bridgehead atoms. The van der Waals surface area contributed by atoms with E-state index in [4.69, 9.17) is 4.74 Å². The van der Waals surface area contributed by atoms with Crippen LogP contribution in [0.25, 0.3) is 0 Å². The number of anilines is 1. The summed E-state index contributed by atoms with van der Waals surface area (Å²) < 4.78 is 41.2. The molecule has 0 saturated carbocycles. The summed E-state index contributed by atoms with van der Waals surface area (Å²) in [5.41, 5.74) is 0.620. The van der Waals surface area contributed by atoms with Crippen molar-refractivity contribution in [3.8, 4) is 5.75 Å². The summed E-state index contributed by atoms with van der Waals surface area (Å²) in [6.45, 7) is 4.33. The Morgan fingerprint density at radius 1 is 1.32 bits per heavy atom. The van der Waals surface area contributed by atoms with Gasteiger partial charge in [-0.1, -0.05) is 6.92 Å². The molecule has 1 aromatic rings. The molecule has 0 radical (unpaired) electrons. The van der Waals surface area contributed by atoms with Crippen LogP contribution < -0.4 is 10.1 Å². The monoisotopic (exact) mass is 289 g/mol. The molecule has 0 aromatic heterocycles. The summed E-state index contributed by atoms with van der Waals surface area (Å²) in [6.07, 6.45) is 0.505. The maximum atomic E-state index is 13.5. The molecular weight excluding hydrogens is 269 g/mol. The van der Waals surface area contributed by atoms with E-state index < -0.39 is 15.7 Å². The minimum absolute atomic E-state index is 0.149. The van der Waals surface area contributed by atoms with Gasteiger partial charge in [0.15, 0.2) is 11.6 Å². The highest BCUT2D eigenvalue weighted by Gasteiger charge is 2.07. The van der Waals surface area contributed by atoms with E-state index in [0.29, 0.717) is 25.3 Å². The highest BCUT2D eigenvalue weighted by Crippen LogP contribution is 2.21. The highest BCUT2D eigenvalue weighted by atomic mass is 32.2. The van der Waals surface area contributed by atoms with Crippen molar-refractivity contribution in [2.45, 2.75) is 20.3 Å². The molecule has 0 heterocycles. The Morgan fingerprint density at radius 3 is 2.63 bits per heavy atom. The van der Waals surface area contributed by atoms with Crippen molar-refractivity contribution in [3.63, 3.8) is 0 Å². The normalized spacial score (nSPS) is 11.3. The highest BCUT2D eigenvalue weighted by molar-refractivity contribution is 7.91. The van der Waals surface area contributed by atoms with Crippen LogP contribution in [0.1, 0.15) is 20.3 Å². The second-order valence-corrected chi connectivity index (χ2v) is 6.57. The van der Waals surface area contributed by atoms with Crippen molar-refractivity contribution in [1.29, 1.82) is 0 Å². The molecule has 1 N–H and O–H groups in total. The number of hydrogen-bond donors (Lipinski definition) is 1. The molecule has 0 fully saturated rings. The Hall–Kier alpha value is -1.30. The maximum absolute atomic E-state index is 13.5. The summed E-state index contributed by atoms with van der Waals surface area (Å²) in [5.74, 6) is 0.107. The minimum atomic E-state index is -2.93. The Labute approximate surface area is 113 Å². The standard InChI is InChI=1S/C13H20FNO3S/c1-3-18-13-7-6-11(10-12(13)14)15-8-5-9-19(16,17)4-2/h6-7,10,15H,3-5,8-9H2,1-2H3. The molecule has 0 amide bonds. The zero-order valence-electron chi connectivity index (χ0n) is 11.3. The van der Waals surface area contributed by atoms with E-state index in [9.17, 15) is 12.8 Å². The van der Waals surface area contributed by atoms with Crippen molar-refractivity contribution in [3.05, 3.63) is 24.0 Å². The lowest BCUT2D eigenvalue weighted by molar-refractivity contribution is 0.321. The minimum Gasteiger partial charge on any atom is -0.491 e. The summed E-state index contributed by atoms with van der Waals surface area (Å²) in [7, 11) is -2.93. The molecule has 108 valence electrons. The first-order valence-electron chi connectivity index (χ1n) is 6.35. The van der Waals surface area contributed by atoms with Crippen LogP contribution in [-0.2, 0) is 9.84 Å². The lowest BCUT2D eigenvalue weighted by Gasteiger charge is -2.09. The summed E-state index contributed by atoms with van der Waals surface area (Å²) in [4.78, 5) is 0. The van der Waals surface area contributed by atoms with Crippen LogP contribution >= 0.6 is 0 Å². The van der Waals surface area contributed by atoms with Gasteiger partial charge in [0.2, 0.25) is 0 Å². The van der Waals surface area contributed by atoms with E-state index in [1.807, 2.05) is 0 Å². The summed E-state index contributed by atoms with van der Waals surface area (Å²) in [6, 6.07) is 4.62. The van der Waals surface area contributed by atoms with Gasteiger partial charge in [0, 0.05) is 24.1 Å². The second-order valence-electron chi connectivity index (χ2n) is 4.09. The largest absolute Gasteiger partial charge is 0.491 e. The SMILES string of the molecule is CCOc1ccc(NCCCS(=O)(=O)CC)cc1F. The molecule has 0 atom stereocenters. The fraction of sp³-hybridized carbons (Fsp3) is 0.538. The third kappa shape index (κ3) is 5.46. The van der Waals surface area contributed by atoms with Gasteiger partial charge in [0.1, 0.15) is 9.84 Å². The molecule has 1 aromatic carbocycles. The van der Waals surface area contributed by atoms with Crippen LogP contribution in [0.4, 0.5) is 10.1 Å². The third-order valence-electron chi connectivity index (χ3n) is 2.63. The molecule has 6 heteroatoms. The molecule has 1 rings (SSSR count). The Kier molecular flexibility index (Phi) is 6.08. The first-order valence-corrected chi connectivity index (χ1v) is 8.17.